The number of nitrogens with one attached hydrogen (secondary N) is 2. The van der Waals surface area contributed by atoms with E-state index in [0.717, 1.165) is 23.6 Å². The van der Waals surface area contributed by atoms with Gasteiger partial charge in [-0.2, -0.15) is 4.98 Å². The molecule has 1 atom stereocenters. The predicted octanol–water partition coefficient (Wildman–Crippen LogP) is 4.09. The Morgan fingerprint density at radius 2 is 2.00 bits per heavy atom. The van der Waals surface area contributed by atoms with E-state index in [1.165, 1.54) is 20.0 Å². The second-order valence-electron chi connectivity index (χ2n) is 6.42. The molecule has 1 fully saturated rings. The number of methoxy groups -OCH3 is 1. The largest absolute Gasteiger partial charge is 0.465 e. The maximum absolute atomic E-state index is 11.5. The van der Waals surface area contributed by atoms with Gasteiger partial charge >= 0.3 is 5.97 Å². The normalized spacial score (nSPS) is 14.7. The second-order valence-corrected chi connectivity index (χ2v) is 6.42. The Hall–Kier alpha value is -2.63. The van der Waals surface area contributed by atoms with E-state index >= 15 is 0 Å². The minimum Gasteiger partial charge on any atom is -0.465 e. The van der Waals surface area contributed by atoms with Crippen molar-refractivity contribution in [2.45, 2.75) is 45.1 Å². The van der Waals surface area contributed by atoms with Crippen LogP contribution < -0.4 is 10.6 Å². The number of rotatable bonds is 7. The molecule has 0 unspecified atom stereocenters. The number of carbonyl (C=O) groups excluding carboxylic acids is 1. The molecule has 1 saturated carbocycles. The first-order valence-corrected chi connectivity index (χ1v) is 8.70. The first kappa shape index (κ1) is 17.2. The summed E-state index contributed by atoms with van der Waals surface area (Å²) in [4.78, 5) is 20.7. The van der Waals surface area contributed by atoms with Crippen molar-refractivity contribution in [1.82, 2.24) is 9.97 Å². The summed E-state index contributed by atoms with van der Waals surface area (Å²) in [7, 11) is 1.38. The second kappa shape index (κ2) is 7.51. The highest BCUT2D eigenvalue weighted by Crippen LogP contribution is 2.40. The molecule has 1 heterocycles. The highest BCUT2D eigenvalue weighted by atomic mass is 16.5. The van der Waals surface area contributed by atoms with Gasteiger partial charge in [-0.15, -0.1) is 0 Å². The minimum absolute atomic E-state index is 0.321. The van der Waals surface area contributed by atoms with E-state index in [0.29, 0.717) is 23.5 Å². The zero-order valence-electron chi connectivity index (χ0n) is 14.9. The fraction of sp³-hybridized carbons (Fsp3) is 0.421. The number of anilines is 3. The van der Waals surface area contributed by atoms with Gasteiger partial charge in [-0.05, 0) is 50.5 Å². The molecule has 2 N–H and O–H groups in total. The molecule has 0 amide bonds. The van der Waals surface area contributed by atoms with E-state index in [2.05, 4.69) is 34.4 Å². The van der Waals surface area contributed by atoms with Gasteiger partial charge in [0.25, 0.3) is 0 Å². The summed E-state index contributed by atoms with van der Waals surface area (Å²) in [5.74, 6) is 1.62. The van der Waals surface area contributed by atoms with E-state index in [4.69, 9.17) is 4.74 Å². The zero-order chi connectivity index (χ0) is 17.8. The fourth-order valence-corrected chi connectivity index (χ4v) is 2.46. The van der Waals surface area contributed by atoms with E-state index in [1.807, 2.05) is 18.2 Å². The number of benzene rings is 1. The summed E-state index contributed by atoms with van der Waals surface area (Å²) in [5.41, 5.74) is 2.46. The standard InChI is InChI=1S/C19H24N4O2/c1-4-12(2)20-19-22-16(13-5-6-13)11-17(23-19)21-15-9-7-14(8-10-15)18(24)25-3/h7-13H,4-6H2,1-3H3,(H2,20,21,22,23)/t12-/m1/s1. The monoisotopic (exact) mass is 340 g/mol. The van der Waals surface area contributed by atoms with Gasteiger partial charge in [0.15, 0.2) is 0 Å². The van der Waals surface area contributed by atoms with Crippen molar-refractivity contribution in [2.75, 3.05) is 17.7 Å². The van der Waals surface area contributed by atoms with Crippen molar-refractivity contribution in [3.05, 3.63) is 41.6 Å². The average Bonchev–Trinajstić information content (AvgIpc) is 3.46. The summed E-state index contributed by atoms with van der Waals surface area (Å²) in [6, 6.07) is 9.47. The summed E-state index contributed by atoms with van der Waals surface area (Å²) in [6.45, 7) is 4.25. The van der Waals surface area contributed by atoms with Crippen LogP contribution in [0.1, 0.15) is 55.1 Å². The van der Waals surface area contributed by atoms with Gasteiger partial charge in [0.05, 0.1) is 18.4 Å². The topological polar surface area (TPSA) is 76.1 Å². The van der Waals surface area contributed by atoms with Crippen molar-refractivity contribution in [1.29, 1.82) is 0 Å². The zero-order valence-corrected chi connectivity index (χ0v) is 14.9. The van der Waals surface area contributed by atoms with Crippen molar-refractivity contribution in [2.24, 2.45) is 0 Å². The number of hydrogen-bond acceptors (Lipinski definition) is 6. The van der Waals surface area contributed by atoms with Crippen molar-refractivity contribution < 1.29 is 9.53 Å². The maximum atomic E-state index is 11.5. The van der Waals surface area contributed by atoms with Gasteiger partial charge in [0.1, 0.15) is 5.82 Å². The number of carbonyl (C=O) groups is 1. The van der Waals surface area contributed by atoms with Crippen LogP contribution in [0, 0.1) is 0 Å². The Balaban J connectivity index is 1.79. The number of ether oxygens (including phenoxy) is 1. The van der Waals surface area contributed by atoms with Crippen LogP contribution >= 0.6 is 0 Å². The molecule has 6 heteroatoms. The van der Waals surface area contributed by atoms with Gasteiger partial charge < -0.3 is 15.4 Å². The molecule has 1 aliphatic carbocycles. The lowest BCUT2D eigenvalue weighted by Gasteiger charge is -2.14. The third-order valence-corrected chi connectivity index (χ3v) is 4.31. The molecule has 0 aliphatic heterocycles. The van der Waals surface area contributed by atoms with Crippen LogP contribution in [0.25, 0.3) is 0 Å². The van der Waals surface area contributed by atoms with E-state index < -0.39 is 0 Å². The van der Waals surface area contributed by atoms with Crippen LogP contribution in [0.2, 0.25) is 0 Å². The van der Waals surface area contributed by atoms with Crippen LogP contribution in [-0.2, 0) is 4.74 Å². The highest BCUT2D eigenvalue weighted by Gasteiger charge is 2.26. The molecule has 6 nitrogen and oxygen atoms in total. The number of nitrogens with zero attached hydrogens (tertiary/aromatic N) is 2. The van der Waals surface area contributed by atoms with Gasteiger partial charge in [0, 0.05) is 23.7 Å². The average molecular weight is 340 g/mol. The third-order valence-electron chi connectivity index (χ3n) is 4.31. The number of aromatic nitrogens is 2. The SMILES string of the molecule is CC[C@@H](C)Nc1nc(Nc2ccc(C(=O)OC)cc2)cc(C2CC2)n1. The molecule has 25 heavy (non-hydrogen) atoms. The number of esters is 1. The predicted molar refractivity (Wildman–Crippen MR) is 98.4 cm³/mol. The van der Waals surface area contributed by atoms with Gasteiger partial charge in [-0.3, -0.25) is 0 Å². The van der Waals surface area contributed by atoms with E-state index in [1.54, 1.807) is 12.1 Å². The Bertz CT molecular complexity index is 742. The Kier molecular flexibility index (Phi) is 5.16. The summed E-state index contributed by atoms with van der Waals surface area (Å²) >= 11 is 0. The quantitative estimate of drug-likeness (QED) is 0.739. The summed E-state index contributed by atoms with van der Waals surface area (Å²) in [5, 5.41) is 6.65. The lowest BCUT2D eigenvalue weighted by molar-refractivity contribution is 0.0601. The lowest BCUT2D eigenvalue weighted by Crippen LogP contribution is -2.16. The van der Waals surface area contributed by atoms with Gasteiger partial charge in [-0.25, -0.2) is 9.78 Å². The van der Waals surface area contributed by atoms with Gasteiger partial charge in [0.2, 0.25) is 5.95 Å². The molecular formula is C19H24N4O2. The Morgan fingerprint density at radius 1 is 1.28 bits per heavy atom. The first-order chi connectivity index (χ1) is 12.1. The maximum Gasteiger partial charge on any atom is 0.337 e. The lowest BCUT2D eigenvalue weighted by atomic mass is 10.2. The smallest absolute Gasteiger partial charge is 0.337 e. The van der Waals surface area contributed by atoms with E-state index in [9.17, 15) is 4.79 Å². The number of hydrogen-bond donors (Lipinski definition) is 2. The molecule has 2 aromatic rings. The molecule has 0 spiro atoms. The van der Waals surface area contributed by atoms with Crippen LogP contribution in [0.5, 0.6) is 0 Å². The van der Waals surface area contributed by atoms with Crippen LogP contribution in [0.4, 0.5) is 17.5 Å². The molecule has 1 aromatic heterocycles. The van der Waals surface area contributed by atoms with Crippen molar-refractivity contribution >= 4 is 23.4 Å². The van der Waals surface area contributed by atoms with Crippen molar-refractivity contribution in [3.8, 4) is 0 Å². The molecule has 0 radical (unpaired) electrons. The fourth-order valence-electron chi connectivity index (χ4n) is 2.46. The molecule has 1 aromatic carbocycles. The van der Waals surface area contributed by atoms with Crippen molar-refractivity contribution in [3.63, 3.8) is 0 Å². The molecule has 3 rings (SSSR count). The Labute approximate surface area is 148 Å². The molecule has 1 aliphatic rings. The summed E-state index contributed by atoms with van der Waals surface area (Å²) < 4.78 is 4.72. The molecule has 0 bridgehead atoms. The first-order valence-electron chi connectivity index (χ1n) is 8.70. The summed E-state index contributed by atoms with van der Waals surface area (Å²) in [6.07, 6.45) is 3.38. The van der Waals surface area contributed by atoms with Gasteiger partial charge in [-0.1, -0.05) is 6.92 Å². The minimum atomic E-state index is -0.343. The molecule has 0 saturated heterocycles. The van der Waals surface area contributed by atoms with Crippen LogP contribution in [0.3, 0.4) is 0 Å². The Morgan fingerprint density at radius 3 is 2.60 bits per heavy atom. The highest BCUT2D eigenvalue weighted by molar-refractivity contribution is 5.89. The third kappa shape index (κ3) is 4.47. The van der Waals surface area contributed by atoms with Crippen LogP contribution in [-0.4, -0.2) is 29.1 Å². The van der Waals surface area contributed by atoms with E-state index in [-0.39, 0.29) is 5.97 Å². The van der Waals surface area contributed by atoms with Crippen LogP contribution in [0.15, 0.2) is 30.3 Å². The molecule has 132 valence electrons. The molecular weight excluding hydrogens is 316 g/mol.